The van der Waals surface area contributed by atoms with Gasteiger partial charge >= 0.3 is 0 Å². The molecule has 0 bridgehead atoms. The van der Waals surface area contributed by atoms with Crippen LogP contribution in [0.3, 0.4) is 0 Å². The van der Waals surface area contributed by atoms with Crippen LogP contribution in [0.2, 0.25) is 5.02 Å². The van der Waals surface area contributed by atoms with Gasteiger partial charge in [0, 0.05) is 22.9 Å². The summed E-state index contributed by atoms with van der Waals surface area (Å²) in [5.41, 5.74) is 1.01. The van der Waals surface area contributed by atoms with Crippen molar-refractivity contribution in [1.82, 2.24) is 4.90 Å². The van der Waals surface area contributed by atoms with Gasteiger partial charge in [-0.25, -0.2) is 0 Å². The van der Waals surface area contributed by atoms with Crippen molar-refractivity contribution in [3.05, 3.63) is 81.9 Å². The molecule has 0 aromatic heterocycles. The van der Waals surface area contributed by atoms with Crippen LogP contribution in [0.1, 0.15) is 39.9 Å². The number of para-hydroxylation sites is 1. The Kier molecular flexibility index (Phi) is 5.37. The summed E-state index contributed by atoms with van der Waals surface area (Å²) in [5, 5.41) is 6.49. The minimum Gasteiger partial charge on any atom is -0.493 e. The number of rotatable bonds is 4. The zero-order chi connectivity index (χ0) is 28.0. The molecule has 2 saturated heterocycles. The van der Waals surface area contributed by atoms with Crippen LogP contribution in [0.4, 0.5) is 11.4 Å². The standard InChI is InChI=1S/C31H28ClN3O5/c1-16-13-19-25(20(32)14-16)34-29(38)31(19)27(26(36)17-10-11-22(39-2)23(15-17)40-3)30(24-9-6-12-35(24)31)18-7-4-5-8-21(18)33-28(30)37/h4-5,7-8,10-11,13-15,24,27H,6,9,12H2,1-3H3,(H,33,37)(H,34,38). The van der Waals surface area contributed by atoms with Gasteiger partial charge in [0.05, 0.1) is 30.8 Å². The van der Waals surface area contributed by atoms with Gasteiger partial charge in [-0.15, -0.1) is 0 Å². The lowest BCUT2D eigenvalue weighted by atomic mass is 9.60. The summed E-state index contributed by atoms with van der Waals surface area (Å²) in [6.07, 6.45) is 1.46. The van der Waals surface area contributed by atoms with E-state index in [0.717, 1.165) is 17.5 Å². The van der Waals surface area contributed by atoms with E-state index in [0.29, 0.717) is 52.0 Å². The second-order valence-electron chi connectivity index (χ2n) is 11.0. The normalized spacial score (nSPS) is 27.9. The lowest BCUT2D eigenvalue weighted by molar-refractivity contribution is -0.128. The van der Waals surface area contributed by atoms with Gasteiger partial charge in [0.2, 0.25) is 11.8 Å². The van der Waals surface area contributed by atoms with Gasteiger partial charge < -0.3 is 20.1 Å². The van der Waals surface area contributed by atoms with E-state index in [1.165, 1.54) is 14.2 Å². The van der Waals surface area contributed by atoms with Gasteiger partial charge in [-0.1, -0.05) is 35.9 Å². The van der Waals surface area contributed by atoms with Gasteiger partial charge in [0.15, 0.2) is 17.3 Å². The fourth-order valence-electron chi connectivity index (χ4n) is 7.89. The second-order valence-corrected chi connectivity index (χ2v) is 11.4. The molecule has 4 unspecified atom stereocenters. The summed E-state index contributed by atoms with van der Waals surface area (Å²) in [5.74, 6) is -1.13. The van der Waals surface area contributed by atoms with Crippen molar-refractivity contribution in [2.24, 2.45) is 5.92 Å². The fourth-order valence-corrected chi connectivity index (χ4v) is 8.21. The Morgan fingerprint density at radius 3 is 2.52 bits per heavy atom. The summed E-state index contributed by atoms with van der Waals surface area (Å²) in [6.45, 7) is 2.48. The maximum absolute atomic E-state index is 15.0. The number of nitrogens with zero attached hydrogens (tertiary/aromatic N) is 1. The number of benzene rings is 3. The Morgan fingerprint density at radius 1 is 0.975 bits per heavy atom. The van der Waals surface area contributed by atoms with Crippen LogP contribution in [0.5, 0.6) is 11.5 Å². The molecule has 4 aliphatic heterocycles. The van der Waals surface area contributed by atoms with Crippen LogP contribution >= 0.6 is 11.6 Å². The van der Waals surface area contributed by atoms with E-state index >= 15 is 4.79 Å². The molecule has 4 heterocycles. The SMILES string of the molecule is COc1ccc(C(=O)C2C3(C(=O)Nc4ccccc43)C3CCCN3C23C(=O)Nc2c(Cl)cc(C)cc23)cc1OC. The maximum atomic E-state index is 15.0. The van der Waals surface area contributed by atoms with E-state index in [1.54, 1.807) is 24.3 Å². The highest BCUT2D eigenvalue weighted by atomic mass is 35.5. The Morgan fingerprint density at radius 2 is 1.75 bits per heavy atom. The maximum Gasteiger partial charge on any atom is 0.250 e. The molecule has 7 rings (SSSR count). The van der Waals surface area contributed by atoms with E-state index in [4.69, 9.17) is 21.1 Å². The third-order valence-electron chi connectivity index (χ3n) is 9.26. The van der Waals surface area contributed by atoms with Crippen LogP contribution in [-0.4, -0.2) is 49.3 Å². The average molecular weight is 558 g/mol. The molecule has 2 spiro atoms. The van der Waals surface area contributed by atoms with Crippen molar-refractivity contribution in [3.63, 3.8) is 0 Å². The first-order valence-corrected chi connectivity index (χ1v) is 13.7. The Balaban J connectivity index is 1.57. The van der Waals surface area contributed by atoms with Crippen molar-refractivity contribution in [1.29, 1.82) is 0 Å². The number of carbonyl (C=O) groups is 3. The van der Waals surface area contributed by atoms with Crippen molar-refractivity contribution >= 4 is 40.6 Å². The lowest BCUT2D eigenvalue weighted by Crippen LogP contribution is -2.55. The van der Waals surface area contributed by atoms with Crippen LogP contribution in [-0.2, 0) is 20.5 Å². The van der Waals surface area contributed by atoms with Crippen molar-refractivity contribution in [3.8, 4) is 11.5 Å². The average Bonchev–Trinajstić information content (AvgIpc) is 3.67. The molecule has 40 heavy (non-hydrogen) atoms. The van der Waals surface area contributed by atoms with Gasteiger partial charge in [-0.3, -0.25) is 19.3 Å². The zero-order valence-electron chi connectivity index (χ0n) is 22.3. The van der Waals surface area contributed by atoms with Crippen molar-refractivity contribution in [2.75, 3.05) is 31.4 Å². The number of hydrogen-bond donors (Lipinski definition) is 2. The molecule has 4 aliphatic rings. The number of methoxy groups -OCH3 is 2. The quantitative estimate of drug-likeness (QED) is 0.452. The highest BCUT2D eigenvalue weighted by molar-refractivity contribution is 6.35. The number of nitrogens with one attached hydrogen (secondary N) is 2. The van der Waals surface area contributed by atoms with Gasteiger partial charge in [-0.2, -0.15) is 0 Å². The topological polar surface area (TPSA) is 97.0 Å². The molecule has 0 aliphatic carbocycles. The molecule has 4 atom stereocenters. The smallest absolute Gasteiger partial charge is 0.250 e. The summed E-state index contributed by atoms with van der Waals surface area (Å²) < 4.78 is 10.9. The first-order chi connectivity index (χ1) is 19.3. The van der Waals surface area contributed by atoms with Gasteiger partial charge in [0.1, 0.15) is 11.0 Å². The highest BCUT2D eigenvalue weighted by Crippen LogP contribution is 2.66. The molecule has 2 N–H and O–H groups in total. The number of hydrogen-bond acceptors (Lipinski definition) is 6. The minimum atomic E-state index is -1.44. The first-order valence-electron chi connectivity index (χ1n) is 13.4. The summed E-state index contributed by atoms with van der Waals surface area (Å²) in [7, 11) is 3.04. The molecule has 3 aromatic rings. The van der Waals surface area contributed by atoms with E-state index in [-0.39, 0.29) is 23.6 Å². The monoisotopic (exact) mass is 557 g/mol. The second kappa shape index (κ2) is 8.56. The molecular formula is C31H28ClN3O5. The molecule has 8 nitrogen and oxygen atoms in total. The molecule has 204 valence electrons. The summed E-state index contributed by atoms with van der Waals surface area (Å²) >= 11 is 6.70. The predicted octanol–water partition coefficient (Wildman–Crippen LogP) is 4.68. The van der Waals surface area contributed by atoms with Crippen LogP contribution in [0.15, 0.2) is 54.6 Å². The number of ketones is 1. The fraction of sp³-hybridized carbons (Fsp3) is 0.323. The summed E-state index contributed by atoms with van der Waals surface area (Å²) in [4.78, 5) is 46.0. The van der Waals surface area contributed by atoms with Gasteiger partial charge in [0.25, 0.3) is 0 Å². The van der Waals surface area contributed by atoms with Crippen LogP contribution < -0.4 is 20.1 Å². The molecule has 0 saturated carbocycles. The number of fused-ring (bicyclic) bond motifs is 7. The van der Waals surface area contributed by atoms with Crippen LogP contribution in [0, 0.1) is 12.8 Å². The van der Waals surface area contributed by atoms with E-state index < -0.39 is 16.9 Å². The third-order valence-corrected chi connectivity index (χ3v) is 9.56. The summed E-state index contributed by atoms with van der Waals surface area (Å²) in [6, 6.07) is 15.8. The third kappa shape index (κ3) is 2.87. The Hall–Kier alpha value is -3.88. The molecule has 3 aromatic carbocycles. The molecule has 2 amide bonds. The molecule has 0 radical (unpaired) electrons. The van der Waals surface area contributed by atoms with Crippen molar-refractivity contribution < 1.29 is 23.9 Å². The lowest BCUT2D eigenvalue weighted by Gasteiger charge is -2.38. The number of amides is 2. The first kappa shape index (κ1) is 25.1. The molecular weight excluding hydrogens is 530 g/mol. The Bertz CT molecular complexity index is 1640. The predicted molar refractivity (Wildman–Crippen MR) is 150 cm³/mol. The van der Waals surface area contributed by atoms with E-state index in [1.807, 2.05) is 37.3 Å². The van der Waals surface area contributed by atoms with Gasteiger partial charge in [-0.05, 0) is 67.8 Å². The number of halogens is 1. The number of aryl methyl sites for hydroxylation is 1. The number of ether oxygens (including phenoxy) is 2. The van der Waals surface area contributed by atoms with Crippen molar-refractivity contribution in [2.45, 2.75) is 36.8 Å². The number of carbonyl (C=O) groups excluding carboxylic acids is 3. The number of Topliss-reactive ketones (excluding diaryl/α,β-unsaturated/α-hetero) is 1. The molecule has 9 heteroatoms. The van der Waals surface area contributed by atoms with E-state index in [9.17, 15) is 9.59 Å². The zero-order valence-corrected chi connectivity index (χ0v) is 23.1. The number of anilines is 2. The van der Waals surface area contributed by atoms with E-state index in [2.05, 4.69) is 15.5 Å². The highest BCUT2D eigenvalue weighted by Gasteiger charge is 2.79. The molecule has 2 fully saturated rings. The van der Waals surface area contributed by atoms with Crippen LogP contribution in [0.25, 0.3) is 0 Å². The largest absolute Gasteiger partial charge is 0.493 e. The minimum absolute atomic E-state index is 0.263. The Labute approximate surface area is 236 Å².